The van der Waals surface area contributed by atoms with Crippen molar-refractivity contribution in [3.05, 3.63) is 102 Å². The molecular weight excluding hydrogens is 396 g/mol. The summed E-state index contributed by atoms with van der Waals surface area (Å²) in [5, 5.41) is 0. The molecule has 0 fully saturated rings. The van der Waals surface area contributed by atoms with E-state index in [2.05, 4.69) is 6.92 Å². The molecule has 162 valence electrons. The number of anilines is 2. The first-order valence-corrected chi connectivity index (χ1v) is 11.2. The van der Waals surface area contributed by atoms with Gasteiger partial charge in [-0.1, -0.05) is 67.9 Å². The Morgan fingerprint density at radius 3 is 2.19 bits per heavy atom. The molecule has 1 heterocycles. The van der Waals surface area contributed by atoms with Crippen molar-refractivity contribution in [1.82, 2.24) is 0 Å². The van der Waals surface area contributed by atoms with Gasteiger partial charge in [-0.15, -0.1) is 0 Å². The SMILES string of the molecule is CCCCC(=O)N(C1=C[C@H](C)N(C(=O)c2ccccc2)c2ccccc21)c1ccccc1. The van der Waals surface area contributed by atoms with Crippen molar-refractivity contribution >= 4 is 28.9 Å². The normalized spacial score (nSPS) is 15.0. The first kappa shape index (κ1) is 21.6. The van der Waals surface area contributed by atoms with E-state index in [0.29, 0.717) is 12.0 Å². The van der Waals surface area contributed by atoms with Gasteiger partial charge in [0.2, 0.25) is 5.91 Å². The topological polar surface area (TPSA) is 40.6 Å². The van der Waals surface area contributed by atoms with Gasteiger partial charge in [-0.05, 0) is 49.8 Å². The zero-order valence-corrected chi connectivity index (χ0v) is 18.6. The maximum absolute atomic E-state index is 13.4. The lowest BCUT2D eigenvalue weighted by molar-refractivity contribution is -0.117. The Kier molecular flexibility index (Phi) is 6.50. The Morgan fingerprint density at radius 1 is 0.875 bits per heavy atom. The van der Waals surface area contributed by atoms with E-state index in [1.807, 2.05) is 108 Å². The highest BCUT2D eigenvalue weighted by atomic mass is 16.2. The van der Waals surface area contributed by atoms with Crippen LogP contribution in [0.4, 0.5) is 11.4 Å². The van der Waals surface area contributed by atoms with Gasteiger partial charge in [-0.3, -0.25) is 14.5 Å². The Hall–Kier alpha value is -3.66. The van der Waals surface area contributed by atoms with Crippen LogP contribution in [0.15, 0.2) is 91.0 Å². The van der Waals surface area contributed by atoms with Crippen LogP contribution in [-0.4, -0.2) is 17.9 Å². The lowest BCUT2D eigenvalue weighted by Crippen LogP contribution is -2.42. The number of nitrogens with zero attached hydrogens (tertiary/aromatic N) is 2. The highest BCUT2D eigenvalue weighted by Gasteiger charge is 2.33. The van der Waals surface area contributed by atoms with Crippen LogP contribution in [0.1, 0.15) is 49.0 Å². The molecular formula is C28H28N2O2. The van der Waals surface area contributed by atoms with Gasteiger partial charge in [-0.25, -0.2) is 0 Å². The second-order valence-corrected chi connectivity index (χ2v) is 8.02. The monoisotopic (exact) mass is 424 g/mol. The zero-order valence-electron chi connectivity index (χ0n) is 18.6. The van der Waals surface area contributed by atoms with Crippen molar-refractivity contribution in [2.24, 2.45) is 0 Å². The Labute approximate surface area is 189 Å². The van der Waals surface area contributed by atoms with Gasteiger partial charge in [0.05, 0.1) is 17.4 Å². The molecule has 0 saturated carbocycles. The number of rotatable bonds is 6. The van der Waals surface area contributed by atoms with Crippen LogP contribution in [0.2, 0.25) is 0 Å². The molecule has 1 aliphatic rings. The summed E-state index contributed by atoms with van der Waals surface area (Å²) < 4.78 is 0. The van der Waals surface area contributed by atoms with E-state index in [0.717, 1.165) is 35.5 Å². The molecule has 1 atom stereocenters. The zero-order chi connectivity index (χ0) is 22.5. The molecule has 0 spiro atoms. The van der Waals surface area contributed by atoms with Crippen LogP contribution >= 0.6 is 0 Å². The summed E-state index contributed by atoms with van der Waals surface area (Å²) in [6.45, 7) is 4.08. The third kappa shape index (κ3) is 4.22. The van der Waals surface area contributed by atoms with Gasteiger partial charge in [0.1, 0.15) is 0 Å². The van der Waals surface area contributed by atoms with Gasteiger partial charge < -0.3 is 4.90 Å². The maximum Gasteiger partial charge on any atom is 0.258 e. The summed E-state index contributed by atoms with van der Waals surface area (Å²) >= 11 is 0. The number of carbonyl (C=O) groups excluding carboxylic acids is 2. The Morgan fingerprint density at radius 2 is 1.50 bits per heavy atom. The minimum absolute atomic E-state index is 0.0515. The van der Waals surface area contributed by atoms with E-state index in [1.165, 1.54) is 0 Å². The molecule has 0 saturated heterocycles. The van der Waals surface area contributed by atoms with Crippen molar-refractivity contribution in [3.63, 3.8) is 0 Å². The molecule has 0 aliphatic carbocycles. The molecule has 0 unspecified atom stereocenters. The predicted octanol–water partition coefficient (Wildman–Crippen LogP) is 6.30. The summed E-state index contributed by atoms with van der Waals surface area (Å²) in [6, 6.07) is 26.7. The maximum atomic E-state index is 13.4. The molecule has 3 aromatic carbocycles. The first-order chi connectivity index (χ1) is 15.6. The second kappa shape index (κ2) is 9.65. The van der Waals surface area contributed by atoms with Gasteiger partial charge in [-0.2, -0.15) is 0 Å². The minimum Gasteiger partial charge on any atom is -0.301 e. The molecule has 4 rings (SSSR count). The summed E-state index contributed by atoms with van der Waals surface area (Å²) in [5.74, 6) is 0.0126. The fourth-order valence-electron chi connectivity index (χ4n) is 4.16. The average Bonchev–Trinajstić information content (AvgIpc) is 2.84. The van der Waals surface area contributed by atoms with Gasteiger partial charge in [0.25, 0.3) is 5.91 Å². The predicted molar refractivity (Wildman–Crippen MR) is 131 cm³/mol. The van der Waals surface area contributed by atoms with Crippen molar-refractivity contribution in [2.45, 2.75) is 39.2 Å². The molecule has 4 heteroatoms. The molecule has 0 N–H and O–H groups in total. The van der Waals surface area contributed by atoms with Gasteiger partial charge in [0, 0.05) is 23.2 Å². The number of hydrogen-bond donors (Lipinski definition) is 0. The lowest BCUT2D eigenvalue weighted by atomic mass is 9.97. The molecule has 0 bridgehead atoms. The van der Waals surface area contributed by atoms with Crippen LogP contribution in [0.25, 0.3) is 5.70 Å². The van der Waals surface area contributed by atoms with E-state index >= 15 is 0 Å². The Balaban J connectivity index is 1.80. The summed E-state index contributed by atoms with van der Waals surface area (Å²) in [5.41, 5.74) is 4.01. The highest BCUT2D eigenvalue weighted by Crippen LogP contribution is 2.39. The van der Waals surface area contributed by atoms with E-state index in [4.69, 9.17) is 0 Å². The molecule has 2 amide bonds. The van der Waals surface area contributed by atoms with Crippen LogP contribution in [0.3, 0.4) is 0 Å². The third-order valence-electron chi connectivity index (χ3n) is 5.73. The number of para-hydroxylation sites is 2. The molecule has 0 aromatic heterocycles. The minimum atomic E-state index is -0.210. The first-order valence-electron chi connectivity index (χ1n) is 11.2. The van der Waals surface area contributed by atoms with Gasteiger partial charge in [0.15, 0.2) is 0 Å². The van der Waals surface area contributed by atoms with Crippen molar-refractivity contribution in [1.29, 1.82) is 0 Å². The van der Waals surface area contributed by atoms with Crippen LogP contribution in [-0.2, 0) is 4.79 Å². The van der Waals surface area contributed by atoms with E-state index in [9.17, 15) is 9.59 Å². The standard InChI is InChI=1S/C28H28N2O2/c1-3-4-19-27(31)30(23-15-9-6-10-16-23)26-20-21(2)29(25-18-12-11-17-24(25)26)28(32)22-13-7-5-8-14-22/h5-18,20-21H,3-4,19H2,1-2H3/t21-/m0/s1. The van der Waals surface area contributed by atoms with Crippen molar-refractivity contribution < 1.29 is 9.59 Å². The lowest BCUT2D eigenvalue weighted by Gasteiger charge is -2.37. The van der Waals surface area contributed by atoms with Crippen molar-refractivity contribution in [3.8, 4) is 0 Å². The van der Waals surface area contributed by atoms with E-state index < -0.39 is 0 Å². The molecule has 32 heavy (non-hydrogen) atoms. The number of unbranched alkanes of at least 4 members (excludes halogenated alkanes) is 1. The quantitative estimate of drug-likeness (QED) is 0.466. The van der Waals surface area contributed by atoms with Crippen molar-refractivity contribution in [2.75, 3.05) is 9.80 Å². The van der Waals surface area contributed by atoms with Crippen LogP contribution < -0.4 is 9.80 Å². The summed E-state index contributed by atoms with van der Waals surface area (Å²) in [7, 11) is 0. The van der Waals surface area contributed by atoms with E-state index in [1.54, 1.807) is 0 Å². The molecule has 3 aromatic rings. The number of benzene rings is 3. The number of hydrogen-bond acceptors (Lipinski definition) is 2. The number of amides is 2. The number of fused-ring (bicyclic) bond motifs is 1. The highest BCUT2D eigenvalue weighted by molar-refractivity contribution is 6.13. The summed E-state index contributed by atoms with van der Waals surface area (Å²) in [4.78, 5) is 30.4. The average molecular weight is 425 g/mol. The van der Waals surface area contributed by atoms with Crippen LogP contribution in [0.5, 0.6) is 0 Å². The second-order valence-electron chi connectivity index (χ2n) is 8.02. The third-order valence-corrected chi connectivity index (χ3v) is 5.73. The van der Waals surface area contributed by atoms with Crippen LogP contribution in [0, 0.1) is 0 Å². The fourth-order valence-corrected chi connectivity index (χ4v) is 4.16. The smallest absolute Gasteiger partial charge is 0.258 e. The largest absolute Gasteiger partial charge is 0.301 e. The van der Waals surface area contributed by atoms with Gasteiger partial charge >= 0.3 is 0 Å². The fraction of sp³-hybridized carbons (Fsp3) is 0.214. The number of carbonyl (C=O) groups is 2. The summed E-state index contributed by atoms with van der Waals surface area (Å²) in [6.07, 6.45) is 4.30. The Bertz CT molecular complexity index is 1120. The molecule has 4 nitrogen and oxygen atoms in total. The molecule has 1 aliphatic heterocycles. The van der Waals surface area contributed by atoms with E-state index in [-0.39, 0.29) is 17.9 Å². The molecule has 0 radical (unpaired) electrons.